The number of carbonyl (C=O) groups excluding carboxylic acids is 6. The maximum atomic E-state index is 13.0. The van der Waals surface area contributed by atoms with Gasteiger partial charge in [-0.3, -0.25) is 28.8 Å². The second-order valence-electron chi connectivity index (χ2n) is 10.1. The minimum atomic E-state index is -1.42. The van der Waals surface area contributed by atoms with Gasteiger partial charge in [-0.25, -0.2) is 0 Å². The molecule has 36 heavy (non-hydrogen) atoms. The number of carbonyl (C=O) groups is 6. The first-order chi connectivity index (χ1) is 16.2. The molecule has 0 spiro atoms. The molecule has 0 aliphatic rings. The van der Waals surface area contributed by atoms with Crippen molar-refractivity contribution >= 4 is 48.1 Å². The van der Waals surface area contributed by atoms with Gasteiger partial charge in [0.15, 0.2) is 0 Å². The molecule has 0 radical (unpaired) electrons. The predicted molar refractivity (Wildman–Crippen MR) is 134 cm³/mol. The van der Waals surface area contributed by atoms with Crippen LogP contribution in [0.3, 0.4) is 0 Å². The fourth-order valence-electron chi connectivity index (χ4n) is 2.81. The Hall–Kier alpha value is -2.91. The molecular weight excluding hydrogens is 494 g/mol. The smallest absolute Gasteiger partial charge is 0.244 e. The van der Waals surface area contributed by atoms with Crippen LogP contribution in [0, 0.1) is 5.41 Å². The van der Waals surface area contributed by atoms with Gasteiger partial charge in [0.1, 0.15) is 24.2 Å². The summed E-state index contributed by atoms with van der Waals surface area (Å²) in [4.78, 5) is 73.8. The van der Waals surface area contributed by atoms with Gasteiger partial charge in [-0.05, 0) is 26.2 Å². The number of thiol groups is 1. The number of hydrogen-bond acceptors (Lipinski definition) is 9. The molecule has 0 aliphatic heterocycles. The van der Waals surface area contributed by atoms with E-state index in [4.69, 9.17) is 17.2 Å². The van der Waals surface area contributed by atoms with Crippen LogP contribution in [0.1, 0.15) is 48.0 Å². The van der Waals surface area contributed by atoms with Gasteiger partial charge in [0, 0.05) is 5.75 Å². The van der Waals surface area contributed by atoms with E-state index < -0.39 is 83.1 Å². The molecule has 0 aromatic carbocycles. The summed E-state index contributed by atoms with van der Waals surface area (Å²) in [6.07, 6.45) is -1.85. The van der Waals surface area contributed by atoms with E-state index in [2.05, 4.69) is 33.9 Å². The highest BCUT2D eigenvalue weighted by Crippen LogP contribution is 2.20. The maximum Gasteiger partial charge on any atom is 0.244 e. The van der Waals surface area contributed by atoms with E-state index in [0.29, 0.717) is 0 Å². The van der Waals surface area contributed by atoms with Crippen molar-refractivity contribution in [3.8, 4) is 0 Å². The first-order valence-corrected chi connectivity index (χ1v) is 11.7. The number of nitrogens with one attached hydrogen (secondary N) is 4. The molecule has 0 fully saturated rings. The number of primary amides is 2. The number of amides is 6. The standard InChI is InChI=1S/C21H39N7O7S/c1-9(29)13(15(23)31)27-18(34)14(20(2,3)4)28-17(33)11(8-36)25-16(32)10(7-12(22)30)26-19(35)21(5,6)24/h9-11,13-14,29,36H,7-8,24H2,1-6H3,(H2,22,30)(H2,23,31)(H,25,32)(H,26,35)(H,27,34)(H,28,33)/t9-,10+,11+,13+,14-/m1/s1. The highest BCUT2D eigenvalue weighted by Gasteiger charge is 2.38. The number of rotatable bonds is 13. The molecule has 0 rings (SSSR count). The summed E-state index contributed by atoms with van der Waals surface area (Å²) in [6.45, 7) is 8.97. The monoisotopic (exact) mass is 533 g/mol. The lowest BCUT2D eigenvalue weighted by atomic mass is 9.85. The second kappa shape index (κ2) is 13.4. The second-order valence-corrected chi connectivity index (χ2v) is 10.5. The number of nitrogens with two attached hydrogens (primary N) is 3. The van der Waals surface area contributed by atoms with Gasteiger partial charge in [0.2, 0.25) is 35.4 Å². The average Bonchev–Trinajstić information content (AvgIpc) is 2.70. The topological polar surface area (TPSA) is 249 Å². The van der Waals surface area contributed by atoms with Gasteiger partial charge in [0.05, 0.1) is 18.1 Å². The van der Waals surface area contributed by atoms with Gasteiger partial charge in [-0.1, -0.05) is 20.8 Å². The molecule has 0 saturated carbocycles. The summed E-state index contributed by atoms with van der Waals surface area (Å²) < 4.78 is 0. The first-order valence-electron chi connectivity index (χ1n) is 11.1. The van der Waals surface area contributed by atoms with E-state index in [1.807, 2.05) is 0 Å². The van der Waals surface area contributed by atoms with E-state index in [1.165, 1.54) is 20.8 Å². The van der Waals surface area contributed by atoms with Crippen LogP contribution in [0.5, 0.6) is 0 Å². The Bertz CT molecular complexity index is 853. The lowest BCUT2D eigenvalue weighted by Gasteiger charge is -2.33. The van der Waals surface area contributed by atoms with Gasteiger partial charge in [0.25, 0.3) is 0 Å². The van der Waals surface area contributed by atoms with Crippen LogP contribution < -0.4 is 38.5 Å². The summed E-state index contributed by atoms with van der Waals surface area (Å²) in [6, 6.07) is -5.33. The van der Waals surface area contributed by atoms with Crippen molar-refractivity contribution in [3.05, 3.63) is 0 Å². The molecule has 0 aliphatic carbocycles. The quantitative estimate of drug-likeness (QED) is 0.107. The minimum Gasteiger partial charge on any atom is -0.391 e. The van der Waals surface area contributed by atoms with Crippen LogP contribution in [0.25, 0.3) is 0 Å². The fourth-order valence-corrected chi connectivity index (χ4v) is 3.06. The molecule has 11 N–H and O–H groups in total. The fraction of sp³-hybridized carbons (Fsp3) is 0.714. The van der Waals surface area contributed by atoms with Gasteiger partial charge >= 0.3 is 0 Å². The highest BCUT2D eigenvalue weighted by atomic mass is 32.1. The van der Waals surface area contributed by atoms with E-state index in [-0.39, 0.29) is 5.75 Å². The molecule has 15 heteroatoms. The SMILES string of the molecule is C[C@@H](O)[C@H](NC(=O)[C@@H](NC(=O)[C@H](CS)NC(=O)[C@H](CC(N)=O)NC(=O)C(C)(C)N)C(C)(C)C)C(N)=O. The molecule has 0 aromatic heterocycles. The van der Waals surface area contributed by atoms with Crippen LogP contribution >= 0.6 is 12.6 Å². The molecule has 206 valence electrons. The zero-order valence-corrected chi connectivity index (χ0v) is 22.3. The van der Waals surface area contributed by atoms with Crippen molar-refractivity contribution in [1.29, 1.82) is 0 Å². The van der Waals surface area contributed by atoms with Gasteiger partial charge in [-0.2, -0.15) is 12.6 Å². The van der Waals surface area contributed by atoms with E-state index >= 15 is 0 Å². The van der Waals surface area contributed by atoms with Crippen molar-refractivity contribution in [2.75, 3.05) is 5.75 Å². The summed E-state index contributed by atoms with van der Waals surface area (Å²) in [5.41, 5.74) is 13.9. The predicted octanol–water partition coefficient (Wildman–Crippen LogP) is -3.62. The van der Waals surface area contributed by atoms with E-state index in [0.717, 1.165) is 0 Å². The first kappa shape index (κ1) is 33.1. The molecule has 6 amide bonds. The Morgan fingerprint density at radius 2 is 1.33 bits per heavy atom. The van der Waals surface area contributed by atoms with Crippen LogP contribution in [0.4, 0.5) is 0 Å². The highest BCUT2D eigenvalue weighted by molar-refractivity contribution is 7.80. The third-order valence-corrected chi connectivity index (χ3v) is 5.29. The van der Waals surface area contributed by atoms with Crippen molar-refractivity contribution in [2.24, 2.45) is 22.6 Å². The third kappa shape index (κ3) is 10.8. The van der Waals surface area contributed by atoms with Crippen molar-refractivity contribution in [2.45, 2.75) is 83.8 Å². The van der Waals surface area contributed by atoms with Crippen LogP contribution in [0.15, 0.2) is 0 Å². The summed E-state index contributed by atoms with van der Waals surface area (Å²) in [7, 11) is 0. The third-order valence-electron chi connectivity index (χ3n) is 4.93. The largest absolute Gasteiger partial charge is 0.391 e. The summed E-state index contributed by atoms with van der Waals surface area (Å²) in [5, 5.41) is 19.2. The molecule has 0 heterocycles. The Morgan fingerprint density at radius 1 is 0.833 bits per heavy atom. The number of aliphatic hydroxyl groups excluding tert-OH is 1. The van der Waals surface area contributed by atoms with Crippen molar-refractivity contribution in [3.63, 3.8) is 0 Å². The molecular formula is C21H39N7O7S. The Labute approximate surface area is 215 Å². The maximum absolute atomic E-state index is 13.0. The Morgan fingerprint density at radius 3 is 1.69 bits per heavy atom. The number of aliphatic hydroxyl groups is 1. The number of hydrogen-bond donors (Lipinski definition) is 9. The summed E-state index contributed by atoms with van der Waals surface area (Å²) in [5.74, 6) is -5.32. The van der Waals surface area contributed by atoms with E-state index in [1.54, 1.807) is 20.8 Å². The van der Waals surface area contributed by atoms with Crippen molar-refractivity contribution < 1.29 is 33.9 Å². The van der Waals surface area contributed by atoms with Gasteiger partial charge < -0.3 is 43.6 Å². The average molecular weight is 534 g/mol. The van der Waals surface area contributed by atoms with Crippen LogP contribution in [0.2, 0.25) is 0 Å². The van der Waals surface area contributed by atoms with Crippen LogP contribution in [-0.2, 0) is 28.8 Å². The minimum absolute atomic E-state index is 0.215. The zero-order valence-electron chi connectivity index (χ0n) is 21.4. The molecule has 14 nitrogen and oxygen atoms in total. The Balaban J connectivity index is 5.69. The zero-order chi connectivity index (χ0) is 28.6. The normalized spacial score (nSPS) is 15.9. The lowest BCUT2D eigenvalue weighted by Crippen LogP contribution is -2.63. The lowest BCUT2D eigenvalue weighted by molar-refractivity contribution is -0.137. The molecule has 0 aromatic rings. The van der Waals surface area contributed by atoms with Crippen LogP contribution in [-0.4, -0.2) is 82.1 Å². The molecule has 5 atom stereocenters. The molecule has 0 bridgehead atoms. The van der Waals surface area contributed by atoms with E-state index in [9.17, 15) is 33.9 Å². The van der Waals surface area contributed by atoms with Crippen molar-refractivity contribution in [1.82, 2.24) is 21.3 Å². The molecule has 0 saturated heterocycles. The molecule has 0 unspecified atom stereocenters. The van der Waals surface area contributed by atoms with Gasteiger partial charge in [-0.15, -0.1) is 0 Å². The summed E-state index contributed by atoms with van der Waals surface area (Å²) >= 11 is 4.07. The Kier molecular flexibility index (Phi) is 12.3.